The van der Waals surface area contributed by atoms with Gasteiger partial charge in [-0.3, -0.25) is 19.4 Å². The summed E-state index contributed by atoms with van der Waals surface area (Å²) in [5.74, 6) is -3.04. The molecule has 16 heteroatoms. The van der Waals surface area contributed by atoms with E-state index in [1.165, 1.54) is 17.3 Å². The van der Waals surface area contributed by atoms with E-state index in [9.17, 15) is 27.2 Å². The number of anilines is 1. The third-order valence-corrected chi connectivity index (χ3v) is 9.81. The molecule has 1 unspecified atom stereocenters. The zero-order chi connectivity index (χ0) is 34.6. The van der Waals surface area contributed by atoms with Gasteiger partial charge in [-0.05, 0) is 36.5 Å². The summed E-state index contributed by atoms with van der Waals surface area (Å²) in [4.78, 5) is 42.6. The molecule has 0 spiro atoms. The van der Waals surface area contributed by atoms with E-state index in [2.05, 4.69) is 20.0 Å². The van der Waals surface area contributed by atoms with Crippen LogP contribution in [0.1, 0.15) is 60.5 Å². The van der Waals surface area contributed by atoms with Crippen LogP contribution in [0.25, 0.3) is 22.2 Å². The molecule has 7 rings (SSSR count). The third kappa shape index (κ3) is 6.41. The van der Waals surface area contributed by atoms with Crippen molar-refractivity contribution >= 4 is 40.1 Å². The number of halogens is 5. The average molecular weight is 701 g/mol. The van der Waals surface area contributed by atoms with Gasteiger partial charge in [-0.1, -0.05) is 24.6 Å². The molecule has 2 N–H and O–H groups in total. The van der Waals surface area contributed by atoms with Gasteiger partial charge in [0.1, 0.15) is 11.6 Å². The van der Waals surface area contributed by atoms with E-state index in [0.717, 1.165) is 0 Å². The zero-order valence-corrected chi connectivity index (χ0v) is 27.2. The van der Waals surface area contributed by atoms with E-state index in [0.29, 0.717) is 64.0 Å². The maximum absolute atomic E-state index is 13.6. The Bertz CT molecular complexity index is 1920. The summed E-state index contributed by atoms with van der Waals surface area (Å²) >= 11 is 5.92. The number of alkyl halides is 4. The predicted molar refractivity (Wildman–Crippen MR) is 172 cm³/mol. The second-order valence-electron chi connectivity index (χ2n) is 12.9. The molecule has 2 amide bonds. The number of carbonyl (C=O) groups is 2. The van der Waals surface area contributed by atoms with Crippen LogP contribution in [-0.4, -0.2) is 79.5 Å². The van der Waals surface area contributed by atoms with E-state index in [-0.39, 0.29) is 67.6 Å². The molecule has 4 aromatic rings. The summed E-state index contributed by atoms with van der Waals surface area (Å²) in [6.45, 7) is 3.02. The number of likely N-dealkylation sites (tertiary alicyclic amines) is 1. The Hall–Kier alpha value is -4.37. The fourth-order valence-electron chi connectivity index (χ4n) is 7.18. The topological polar surface area (TPSA) is 132 Å². The monoisotopic (exact) mass is 700 g/mol. The summed E-state index contributed by atoms with van der Waals surface area (Å²) in [6.07, 6.45) is 1.40. The maximum atomic E-state index is 13.6. The first-order valence-corrected chi connectivity index (χ1v) is 16.4. The molecule has 2 fully saturated rings. The molecule has 1 aliphatic carbocycles. The van der Waals surface area contributed by atoms with Crippen LogP contribution in [0.15, 0.2) is 36.8 Å². The van der Waals surface area contributed by atoms with Crippen molar-refractivity contribution in [3.05, 3.63) is 58.9 Å². The average Bonchev–Trinajstić information content (AvgIpc) is 3.47. The highest BCUT2D eigenvalue weighted by molar-refractivity contribution is 6.30. The molecule has 3 aliphatic rings. The third-order valence-electron chi connectivity index (χ3n) is 9.62. The standard InChI is InChI=1S/C33H33ClF4N8O3/c1-17-14-44(20-9-33(37,38)10-20)7-6-23(17)46-32-21(13-42-46)29(30(31(39)48)22(43-32)3-5-26(35)36)18-2-4-24-25(8-18)49-16-28(47)45(24)15-27-40-11-19(34)12-41-27/h2,4,8,11-13,17,20,23,26H,3,5-7,9-10,14-16H2,1H3,(H2,39,48)/t17-,23?/m1/s1. The van der Waals surface area contributed by atoms with E-state index in [1.807, 2.05) is 6.92 Å². The SMILES string of the molecule is C[C@@H]1CN(C2CC(F)(F)C2)CCC1n1ncc2c(-c3ccc4c(c3)OCC(=O)N4Cc3ncc(Cl)cn3)c(C(N)=O)c(CCC(F)F)nc21. The number of nitrogens with zero attached hydrogens (tertiary/aromatic N) is 7. The van der Waals surface area contributed by atoms with Gasteiger partial charge >= 0.3 is 0 Å². The van der Waals surface area contributed by atoms with Crippen molar-refractivity contribution in [1.29, 1.82) is 0 Å². The second kappa shape index (κ2) is 12.8. The largest absolute Gasteiger partial charge is 0.482 e. The van der Waals surface area contributed by atoms with Gasteiger partial charge in [0.15, 0.2) is 12.3 Å². The highest BCUT2D eigenvalue weighted by Gasteiger charge is 2.49. The fourth-order valence-corrected chi connectivity index (χ4v) is 7.28. The lowest BCUT2D eigenvalue weighted by molar-refractivity contribution is -0.131. The number of aryl methyl sites for hydroxylation is 1. The van der Waals surface area contributed by atoms with E-state index in [4.69, 9.17) is 27.1 Å². The minimum absolute atomic E-state index is 0.000245. The Kier molecular flexibility index (Phi) is 8.67. The number of piperidine rings is 1. The molecule has 0 bridgehead atoms. The van der Waals surface area contributed by atoms with Crippen LogP contribution in [0.4, 0.5) is 23.2 Å². The quantitative estimate of drug-likeness (QED) is 0.228. The summed E-state index contributed by atoms with van der Waals surface area (Å²) in [5.41, 5.74) is 7.74. The summed E-state index contributed by atoms with van der Waals surface area (Å²) in [6, 6.07) is 4.72. The van der Waals surface area contributed by atoms with E-state index < -0.39 is 24.7 Å². The molecule has 1 aromatic carbocycles. The fraction of sp³-hybridized carbons (Fsp3) is 0.455. The van der Waals surface area contributed by atoms with Crippen molar-refractivity contribution in [3.8, 4) is 16.9 Å². The number of amides is 2. The van der Waals surface area contributed by atoms with Crippen molar-refractivity contribution in [3.63, 3.8) is 0 Å². The Morgan fingerprint density at radius 2 is 1.94 bits per heavy atom. The highest BCUT2D eigenvalue weighted by atomic mass is 35.5. The molecule has 258 valence electrons. The van der Waals surface area contributed by atoms with Crippen molar-refractivity contribution in [2.75, 3.05) is 24.6 Å². The maximum Gasteiger partial charge on any atom is 0.265 e. The van der Waals surface area contributed by atoms with Crippen LogP contribution in [0.5, 0.6) is 5.75 Å². The number of aromatic nitrogens is 5. The van der Waals surface area contributed by atoms with Crippen LogP contribution < -0.4 is 15.4 Å². The van der Waals surface area contributed by atoms with Gasteiger partial charge in [-0.2, -0.15) is 5.10 Å². The van der Waals surface area contributed by atoms with Gasteiger partial charge in [-0.25, -0.2) is 37.2 Å². The first kappa shape index (κ1) is 33.1. The molecule has 2 aliphatic heterocycles. The number of fused-ring (bicyclic) bond motifs is 2. The number of pyridine rings is 1. The molecular formula is C33H33ClF4N8O3. The molecule has 5 heterocycles. The van der Waals surface area contributed by atoms with Crippen molar-refractivity contribution in [2.45, 2.75) is 70.0 Å². The number of nitrogens with two attached hydrogens (primary N) is 1. The normalized spacial score (nSPS) is 21.1. The number of rotatable bonds is 9. The van der Waals surface area contributed by atoms with E-state index >= 15 is 0 Å². The molecule has 2 atom stereocenters. The Labute approximate surface area is 283 Å². The van der Waals surface area contributed by atoms with Crippen LogP contribution in [0.2, 0.25) is 5.02 Å². The smallest absolute Gasteiger partial charge is 0.265 e. The summed E-state index contributed by atoms with van der Waals surface area (Å²) < 4.78 is 61.8. The summed E-state index contributed by atoms with van der Waals surface area (Å²) in [7, 11) is 0. The number of carbonyl (C=O) groups excluding carboxylic acids is 2. The van der Waals surface area contributed by atoms with Gasteiger partial charge in [-0.15, -0.1) is 0 Å². The number of ether oxygens (including phenoxy) is 1. The van der Waals surface area contributed by atoms with Crippen molar-refractivity contribution in [1.82, 2.24) is 29.6 Å². The lowest BCUT2D eigenvalue weighted by Crippen LogP contribution is -2.54. The van der Waals surface area contributed by atoms with Gasteiger partial charge in [0.05, 0.1) is 40.8 Å². The van der Waals surface area contributed by atoms with E-state index in [1.54, 1.807) is 29.1 Å². The lowest BCUT2D eigenvalue weighted by Gasteiger charge is -2.47. The number of hydrogen-bond acceptors (Lipinski definition) is 8. The number of primary amides is 1. The molecule has 0 radical (unpaired) electrons. The van der Waals surface area contributed by atoms with Crippen LogP contribution >= 0.6 is 11.6 Å². The minimum atomic E-state index is -2.64. The second-order valence-corrected chi connectivity index (χ2v) is 13.4. The van der Waals surface area contributed by atoms with Gasteiger partial charge in [0, 0.05) is 61.7 Å². The first-order chi connectivity index (χ1) is 23.4. The molecule has 49 heavy (non-hydrogen) atoms. The first-order valence-electron chi connectivity index (χ1n) is 16.0. The molecule has 1 saturated heterocycles. The van der Waals surface area contributed by atoms with Crippen LogP contribution in [0.3, 0.4) is 0 Å². The van der Waals surface area contributed by atoms with Crippen LogP contribution in [-0.2, 0) is 17.8 Å². The summed E-state index contributed by atoms with van der Waals surface area (Å²) in [5, 5.41) is 5.53. The molecule has 11 nitrogen and oxygen atoms in total. The predicted octanol–water partition coefficient (Wildman–Crippen LogP) is 5.44. The van der Waals surface area contributed by atoms with Gasteiger partial charge < -0.3 is 10.5 Å². The van der Waals surface area contributed by atoms with Crippen molar-refractivity contribution in [2.24, 2.45) is 11.7 Å². The highest BCUT2D eigenvalue weighted by Crippen LogP contribution is 2.44. The number of benzene rings is 1. The number of hydrogen-bond donors (Lipinski definition) is 1. The Balaban J connectivity index is 1.28. The van der Waals surface area contributed by atoms with Crippen LogP contribution in [0, 0.1) is 5.92 Å². The van der Waals surface area contributed by atoms with Gasteiger partial charge in [0.25, 0.3) is 17.7 Å². The minimum Gasteiger partial charge on any atom is -0.482 e. The molecule has 1 saturated carbocycles. The zero-order valence-electron chi connectivity index (χ0n) is 26.5. The van der Waals surface area contributed by atoms with Crippen molar-refractivity contribution < 1.29 is 31.9 Å². The Morgan fingerprint density at radius 3 is 2.61 bits per heavy atom. The lowest BCUT2D eigenvalue weighted by atomic mass is 9.83. The molecule has 3 aromatic heterocycles. The molecular weight excluding hydrogens is 668 g/mol. The van der Waals surface area contributed by atoms with Gasteiger partial charge in [0.2, 0.25) is 6.43 Å². The Morgan fingerprint density at radius 1 is 1.18 bits per heavy atom.